The standard InChI is InChI=1S/C18H23BrClN3O4/c1-27-16-9-15(20)14(19)8-12(16)2-3-17(24)22-6-4-21(5-7-22)13-10-23(11-13)18(25)26/h8-9,13H,2-7,10-11H2,1H3,(H,25,26). The van der Waals surface area contributed by atoms with E-state index in [2.05, 4.69) is 20.8 Å². The fourth-order valence-corrected chi connectivity index (χ4v) is 4.08. The van der Waals surface area contributed by atoms with Gasteiger partial charge < -0.3 is 19.6 Å². The van der Waals surface area contributed by atoms with Crippen molar-refractivity contribution in [2.45, 2.75) is 18.9 Å². The van der Waals surface area contributed by atoms with E-state index in [9.17, 15) is 9.59 Å². The number of piperazine rings is 1. The molecule has 0 saturated carbocycles. The van der Waals surface area contributed by atoms with Crippen LogP contribution in [-0.4, -0.2) is 84.2 Å². The lowest BCUT2D eigenvalue weighted by atomic mass is 10.1. The molecule has 1 N–H and O–H groups in total. The molecule has 0 unspecified atom stereocenters. The Morgan fingerprint density at radius 3 is 2.48 bits per heavy atom. The van der Waals surface area contributed by atoms with E-state index < -0.39 is 6.09 Å². The second kappa shape index (κ2) is 8.67. The molecule has 2 amide bonds. The Kier molecular flexibility index (Phi) is 6.49. The smallest absolute Gasteiger partial charge is 0.407 e. The number of aryl methyl sites for hydroxylation is 1. The summed E-state index contributed by atoms with van der Waals surface area (Å²) < 4.78 is 6.15. The van der Waals surface area contributed by atoms with Crippen molar-refractivity contribution in [2.24, 2.45) is 0 Å². The summed E-state index contributed by atoms with van der Waals surface area (Å²) in [4.78, 5) is 29.0. The predicted octanol–water partition coefficient (Wildman–Crippen LogP) is 2.55. The van der Waals surface area contributed by atoms with Crippen molar-refractivity contribution in [3.63, 3.8) is 0 Å². The predicted molar refractivity (Wildman–Crippen MR) is 106 cm³/mol. The number of likely N-dealkylation sites (tertiary alicyclic amines) is 1. The molecule has 0 aromatic heterocycles. The SMILES string of the molecule is COc1cc(Cl)c(Br)cc1CCC(=O)N1CCN(C2CN(C(=O)O)C2)CC1. The van der Waals surface area contributed by atoms with Gasteiger partial charge in [0.25, 0.3) is 0 Å². The van der Waals surface area contributed by atoms with Crippen molar-refractivity contribution in [1.29, 1.82) is 0 Å². The van der Waals surface area contributed by atoms with Crippen LogP contribution in [0.5, 0.6) is 5.75 Å². The molecular weight excluding hydrogens is 438 g/mol. The van der Waals surface area contributed by atoms with Gasteiger partial charge in [-0.05, 0) is 34.0 Å². The first-order chi connectivity index (χ1) is 12.9. The molecule has 1 aromatic carbocycles. The molecule has 0 atom stereocenters. The van der Waals surface area contributed by atoms with Gasteiger partial charge in [0.1, 0.15) is 5.75 Å². The zero-order valence-electron chi connectivity index (χ0n) is 15.2. The molecule has 2 aliphatic rings. The molecule has 148 valence electrons. The van der Waals surface area contributed by atoms with E-state index in [1.165, 1.54) is 4.90 Å². The van der Waals surface area contributed by atoms with Gasteiger partial charge in [0.05, 0.1) is 12.1 Å². The van der Waals surface area contributed by atoms with Gasteiger partial charge in [-0.25, -0.2) is 4.79 Å². The van der Waals surface area contributed by atoms with E-state index >= 15 is 0 Å². The third-order valence-corrected chi connectivity index (χ3v) is 6.44. The molecular formula is C18H23BrClN3O4. The van der Waals surface area contributed by atoms with E-state index in [1.807, 2.05) is 11.0 Å². The number of carbonyl (C=O) groups is 2. The Morgan fingerprint density at radius 1 is 1.22 bits per heavy atom. The topological polar surface area (TPSA) is 73.3 Å². The quantitative estimate of drug-likeness (QED) is 0.731. The molecule has 2 saturated heterocycles. The third kappa shape index (κ3) is 4.67. The number of benzene rings is 1. The van der Waals surface area contributed by atoms with E-state index in [4.69, 9.17) is 21.4 Å². The maximum Gasteiger partial charge on any atom is 0.407 e. The van der Waals surface area contributed by atoms with Crippen LogP contribution in [-0.2, 0) is 11.2 Å². The van der Waals surface area contributed by atoms with Crippen LogP contribution in [0, 0.1) is 0 Å². The summed E-state index contributed by atoms with van der Waals surface area (Å²) in [6.07, 6.45) is 0.152. The van der Waals surface area contributed by atoms with Gasteiger partial charge in [-0.2, -0.15) is 0 Å². The number of carbonyl (C=O) groups excluding carboxylic acids is 1. The van der Waals surface area contributed by atoms with Crippen LogP contribution in [0.3, 0.4) is 0 Å². The minimum Gasteiger partial charge on any atom is -0.496 e. The normalized spacial score (nSPS) is 18.3. The summed E-state index contributed by atoms with van der Waals surface area (Å²) in [5.74, 6) is 0.817. The average molecular weight is 461 g/mol. The molecule has 9 heteroatoms. The summed E-state index contributed by atoms with van der Waals surface area (Å²) >= 11 is 9.50. The lowest BCUT2D eigenvalue weighted by Gasteiger charge is -2.47. The van der Waals surface area contributed by atoms with Gasteiger partial charge in [-0.1, -0.05) is 11.6 Å². The Morgan fingerprint density at radius 2 is 1.89 bits per heavy atom. The fourth-order valence-electron chi connectivity index (χ4n) is 3.53. The first-order valence-corrected chi connectivity index (χ1v) is 10.1. The molecule has 2 aliphatic heterocycles. The Labute approximate surface area is 171 Å². The molecule has 0 radical (unpaired) electrons. The van der Waals surface area contributed by atoms with Gasteiger partial charge >= 0.3 is 6.09 Å². The summed E-state index contributed by atoms with van der Waals surface area (Å²) in [5, 5.41) is 9.50. The van der Waals surface area contributed by atoms with Crippen LogP contribution in [0.2, 0.25) is 5.02 Å². The van der Waals surface area contributed by atoms with E-state index in [0.29, 0.717) is 49.8 Å². The van der Waals surface area contributed by atoms with Crippen LogP contribution >= 0.6 is 27.5 Å². The summed E-state index contributed by atoms with van der Waals surface area (Å²) in [5.41, 5.74) is 0.948. The highest BCUT2D eigenvalue weighted by Gasteiger charge is 2.36. The zero-order valence-corrected chi connectivity index (χ0v) is 17.5. The highest BCUT2D eigenvalue weighted by atomic mass is 79.9. The number of ether oxygens (including phenoxy) is 1. The van der Waals surface area contributed by atoms with Gasteiger partial charge in [0.15, 0.2) is 0 Å². The number of rotatable bonds is 5. The molecule has 1 aromatic rings. The Bertz CT molecular complexity index is 719. The van der Waals surface area contributed by atoms with Gasteiger partial charge in [-0.3, -0.25) is 9.69 Å². The van der Waals surface area contributed by atoms with Crippen LogP contribution in [0.25, 0.3) is 0 Å². The van der Waals surface area contributed by atoms with Crippen molar-refractivity contribution in [3.05, 3.63) is 27.2 Å². The summed E-state index contributed by atoms with van der Waals surface area (Å²) in [7, 11) is 1.59. The molecule has 7 nitrogen and oxygen atoms in total. The first-order valence-electron chi connectivity index (χ1n) is 8.90. The van der Waals surface area contributed by atoms with Gasteiger partial charge in [-0.15, -0.1) is 0 Å². The maximum atomic E-state index is 12.6. The lowest BCUT2D eigenvalue weighted by molar-refractivity contribution is -0.133. The highest BCUT2D eigenvalue weighted by molar-refractivity contribution is 9.10. The molecule has 0 bridgehead atoms. The maximum absolute atomic E-state index is 12.6. The molecule has 2 heterocycles. The average Bonchev–Trinajstić information content (AvgIpc) is 2.61. The first kappa shape index (κ1) is 20.2. The van der Waals surface area contributed by atoms with E-state index in [-0.39, 0.29) is 11.9 Å². The van der Waals surface area contributed by atoms with Crippen molar-refractivity contribution in [3.8, 4) is 5.75 Å². The fraction of sp³-hybridized carbons (Fsp3) is 0.556. The monoisotopic (exact) mass is 459 g/mol. The van der Waals surface area contributed by atoms with Crippen molar-refractivity contribution < 1.29 is 19.4 Å². The van der Waals surface area contributed by atoms with Crippen LogP contribution in [0.1, 0.15) is 12.0 Å². The Balaban J connectivity index is 1.46. The number of hydrogen-bond donors (Lipinski definition) is 1. The summed E-state index contributed by atoms with van der Waals surface area (Å²) in [6.45, 7) is 4.08. The molecule has 0 aliphatic carbocycles. The number of hydrogen-bond acceptors (Lipinski definition) is 4. The molecule has 2 fully saturated rings. The van der Waals surface area contributed by atoms with Crippen LogP contribution < -0.4 is 4.74 Å². The van der Waals surface area contributed by atoms with E-state index in [1.54, 1.807) is 13.2 Å². The number of carboxylic acid groups (broad SMARTS) is 1. The van der Waals surface area contributed by atoms with Gasteiger partial charge in [0, 0.05) is 62.3 Å². The third-order valence-electron chi connectivity index (χ3n) is 5.25. The molecule has 3 rings (SSSR count). The van der Waals surface area contributed by atoms with Crippen molar-refractivity contribution >= 4 is 39.5 Å². The zero-order chi connectivity index (χ0) is 19.6. The van der Waals surface area contributed by atoms with Crippen molar-refractivity contribution in [2.75, 3.05) is 46.4 Å². The summed E-state index contributed by atoms with van der Waals surface area (Å²) in [6, 6.07) is 3.94. The largest absolute Gasteiger partial charge is 0.496 e. The Hall–Kier alpha value is -1.51. The van der Waals surface area contributed by atoms with E-state index in [0.717, 1.165) is 23.1 Å². The van der Waals surface area contributed by atoms with Crippen LogP contribution in [0.4, 0.5) is 4.79 Å². The van der Waals surface area contributed by atoms with Crippen LogP contribution in [0.15, 0.2) is 16.6 Å². The highest BCUT2D eigenvalue weighted by Crippen LogP contribution is 2.31. The number of nitrogens with zero attached hydrogens (tertiary/aromatic N) is 3. The number of methoxy groups -OCH3 is 1. The minimum atomic E-state index is -0.857. The van der Waals surface area contributed by atoms with Crippen molar-refractivity contribution in [1.82, 2.24) is 14.7 Å². The second-order valence-electron chi connectivity index (χ2n) is 6.84. The number of amides is 2. The van der Waals surface area contributed by atoms with Gasteiger partial charge in [0.2, 0.25) is 5.91 Å². The number of halogens is 2. The second-order valence-corrected chi connectivity index (χ2v) is 8.10. The minimum absolute atomic E-state index is 0.128. The lowest BCUT2D eigenvalue weighted by Crippen LogP contribution is -2.64. The molecule has 0 spiro atoms. The molecule has 27 heavy (non-hydrogen) atoms.